The average Bonchev–Trinajstić information content (AvgIpc) is 1.66. The van der Waals surface area contributed by atoms with Crippen LogP contribution in [-0.4, -0.2) is 179 Å². The number of ether oxygens (including phenoxy) is 2. The topological polar surface area (TPSA) is 274 Å². The Morgan fingerprint density at radius 3 is 1.38 bits per heavy atom. The van der Waals surface area contributed by atoms with Crippen LogP contribution in [-0.2, 0) is 58.9 Å². The number of thiophene rings is 1. The molecule has 4 aromatic carbocycles. The fraction of sp³-hybridized carbons (Fsp3) is 0.457. The Morgan fingerprint density at radius 1 is 0.449 bits per heavy atom. The summed E-state index contributed by atoms with van der Waals surface area (Å²) >= 11 is 9.49. The van der Waals surface area contributed by atoms with Crippen molar-refractivity contribution in [2.45, 2.75) is 276 Å². The van der Waals surface area contributed by atoms with Gasteiger partial charge in [0.25, 0.3) is 29.5 Å². The van der Waals surface area contributed by atoms with Gasteiger partial charge in [0.2, 0.25) is 0 Å². The van der Waals surface area contributed by atoms with Crippen molar-refractivity contribution >= 4 is 120 Å². The molecule has 11 aromatic heterocycles. The number of fused-ring (bicyclic) bond motifs is 5. The number of methoxy groups -OCH3 is 1. The van der Waals surface area contributed by atoms with Crippen molar-refractivity contribution in [3.05, 3.63) is 266 Å². The molecule has 0 bridgehead atoms. The normalized spacial score (nSPS) is 12.4. The second-order valence-corrected chi connectivity index (χ2v) is 41.9. The summed E-state index contributed by atoms with van der Waals surface area (Å²) in [6.07, 6.45) is 26.4. The number of aromatic nitrogens is 15. The Balaban J connectivity index is 0.000000154. The summed E-state index contributed by atoms with van der Waals surface area (Å²) in [7, 11) is 1.56. The number of nitrogens with zero attached hydrogens (tertiary/aromatic N) is 20. The van der Waals surface area contributed by atoms with Crippen LogP contribution in [0.1, 0.15) is 290 Å². The van der Waals surface area contributed by atoms with Crippen molar-refractivity contribution in [2.24, 2.45) is 23.7 Å². The highest BCUT2D eigenvalue weighted by Gasteiger charge is 2.32. The van der Waals surface area contributed by atoms with Crippen molar-refractivity contribution < 1.29 is 37.8 Å². The highest BCUT2D eigenvalue weighted by Crippen LogP contribution is 2.37. The molecular formula is C116H148ClFN20O7S2. The van der Waals surface area contributed by atoms with E-state index in [2.05, 4.69) is 131 Å². The molecule has 0 atom stereocenters. The number of halogens is 2. The highest BCUT2D eigenvalue weighted by atomic mass is 35.5. The molecule has 147 heavy (non-hydrogen) atoms. The van der Waals surface area contributed by atoms with Crippen LogP contribution in [0.15, 0.2) is 193 Å². The number of benzene rings is 4. The molecule has 2 fully saturated rings. The first-order valence-corrected chi connectivity index (χ1v) is 55.1. The van der Waals surface area contributed by atoms with Crippen LogP contribution < -0.4 is 9.47 Å². The van der Waals surface area contributed by atoms with Gasteiger partial charge in [-0.3, -0.25) is 24.0 Å². The summed E-state index contributed by atoms with van der Waals surface area (Å²) in [6, 6.07) is 47.1. The van der Waals surface area contributed by atoms with Crippen LogP contribution in [0.4, 0.5) is 4.39 Å². The zero-order chi connectivity index (χ0) is 105. The number of rotatable bonds is 44. The number of aryl methyl sites for hydroxylation is 5. The van der Waals surface area contributed by atoms with E-state index >= 15 is 0 Å². The zero-order valence-electron chi connectivity index (χ0n) is 88.8. The monoisotopic (exact) mass is 2050 g/mol. The first-order chi connectivity index (χ1) is 71.2. The molecule has 11 heterocycles. The Labute approximate surface area is 879 Å². The van der Waals surface area contributed by atoms with Gasteiger partial charge in [-0.05, 0) is 265 Å². The molecular weight excluding hydrogens is 1900 g/mol. The summed E-state index contributed by atoms with van der Waals surface area (Å²) in [5.74, 6) is 8.22. The second kappa shape index (κ2) is 55.3. The fourth-order valence-electron chi connectivity index (χ4n) is 18.4. The van der Waals surface area contributed by atoms with Gasteiger partial charge in [-0.2, -0.15) is 0 Å². The molecule has 27 nitrogen and oxygen atoms in total. The number of hydrogen-bond acceptors (Lipinski definition) is 19. The van der Waals surface area contributed by atoms with Crippen LogP contribution in [0.2, 0.25) is 5.02 Å². The van der Waals surface area contributed by atoms with E-state index in [1.807, 2.05) is 173 Å². The molecule has 2 aliphatic carbocycles. The van der Waals surface area contributed by atoms with Crippen LogP contribution in [0.3, 0.4) is 0 Å². The third-order valence-electron chi connectivity index (χ3n) is 26.1. The predicted molar refractivity (Wildman–Crippen MR) is 589 cm³/mol. The summed E-state index contributed by atoms with van der Waals surface area (Å²) in [6.45, 7) is 41.1. The summed E-state index contributed by atoms with van der Waals surface area (Å²) in [4.78, 5) is 125. The van der Waals surface area contributed by atoms with Gasteiger partial charge in [-0.15, -0.1) is 23.1 Å². The number of imidazole rings is 5. The van der Waals surface area contributed by atoms with Gasteiger partial charge < -0.3 is 56.8 Å². The Bertz CT molecular complexity index is 6820. The molecule has 0 aliphatic heterocycles. The van der Waals surface area contributed by atoms with E-state index in [-0.39, 0.29) is 35.5 Å². The minimum absolute atomic E-state index is 0.0230. The molecule has 15 aromatic rings. The maximum Gasteiger partial charge on any atom is 0.268 e. The average molecular weight is 2050 g/mol. The predicted octanol–water partition coefficient (Wildman–Crippen LogP) is 25.9. The van der Waals surface area contributed by atoms with Crippen molar-refractivity contribution in [3.63, 3.8) is 0 Å². The maximum absolute atomic E-state index is 13.8. The smallest absolute Gasteiger partial charge is 0.268 e. The molecule has 2 aliphatic rings. The third kappa shape index (κ3) is 30.1. The Hall–Kier alpha value is -12.8. The molecule has 0 unspecified atom stereocenters. The molecule has 0 saturated heterocycles. The van der Waals surface area contributed by atoms with Gasteiger partial charge in [-0.1, -0.05) is 151 Å². The van der Waals surface area contributed by atoms with E-state index < -0.39 is 5.82 Å². The molecule has 5 amide bonds. The van der Waals surface area contributed by atoms with E-state index in [0.717, 1.165) is 223 Å². The van der Waals surface area contributed by atoms with Gasteiger partial charge in [0.15, 0.2) is 28.2 Å². The standard InChI is InChI=1S/C25H32N4O.C24H32N4OS.C23H29ClN4O2.C22H27FN4O.C22H28N4O2S/c1-3-4-7-16-28(25(30)20-11-8-10-19(2)17-20)18-23-27-22-14-9-15-26-24(22)29(23)21-12-5-6-13-21;1-5-15-28-22(26-21-8-7-14-25-23(21)28)17-27(16-13-18(3)4)24(29)19-9-11-20(12-10-19)30-6-2;1-5-12-28-21(26-19-7-6-11-25-22(19)28)15-27(13-10-16(2)3)23(29)17-8-9-20(30-4)18(24)14-17;1-5-11-27-20(25-19-7-6-10-24-21(19)27)14-26(13-15(2)3)22(28)18-12-17(23)9-8-16(18)4;1-3-5-12-25(22(27)20-18(28-4-2)10-13-29-20)15-19-24-17-7-6-11-23-21(17)26(19)14-16-8-9-16/h8-11,14-15,17,21H,3-7,12-13,16,18H2,1-2H3;7-12,14,18H,5-6,13,15-17H2,1-4H3;6-9,11,14,16H,5,10,12-13,15H2,1-4H3;6-10,12,15H,5,11,13-14H2,1-4H3;6-7,10-11,13,16H,3-5,8-9,12,14-15H2,1-2H3. The zero-order valence-corrected chi connectivity index (χ0v) is 91.2. The molecule has 17 rings (SSSR count). The van der Waals surface area contributed by atoms with Crippen LogP contribution in [0, 0.1) is 43.3 Å². The van der Waals surface area contributed by atoms with E-state index in [4.69, 9.17) is 46.0 Å². The fourth-order valence-corrected chi connectivity index (χ4v) is 20.1. The highest BCUT2D eigenvalue weighted by molar-refractivity contribution is 7.99. The van der Waals surface area contributed by atoms with E-state index in [0.29, 0.717) is 122 Å². The summed E-state index contributed by atoms with van der Waals surface area (Å²) in [5.41, 5.74) is 13.2. The Kier molecular flexibility index (Phi) is 41.9. The van der Waals surface area contributed by atoms with Crippen molar-refractivity contribution in [1.29, 1.82) is 0 Å². The lowest BCUT2D eigenvalue weighted by atomic mass is 10.1. The van der Waals surface area contributed by atoms with Gasteiger partial charge in [0.1, 0.15) is 78.9 Å². The minimum atomic E-state index is -0.402. The SMILES string of the molecule is CCCCCN(Cc1nc2cccnc2n1C1CCCC1)C(=O)c1cccc(C)c1.CCCCN(Cc1nc2cccnc2n1CC1CC1)C(=O)c1sccc1OCC.CCCn1c(CN(CC(C)C)C(=O)c2cc(F)ccc2C)nc2cccnc21.CCCn1c(CN(CCC(C)C)C(=O)c2ccc(OC)c(Cl)c2)nc2cccnc21.CCCn1c(CN(CCC(C)C)C(=O)c2ccc(SCC)cc2)nc2cccnc21. The summed E-state index contributed by atoms with van der Waals surface area (Å²) in [5, 5.41) is 2.34. The van der Waals surface area contributed by atoms with Crippen molar-refractivity contribution in [2.75, 3.05) is 52.2 Å². The molecule has 2 saturated carbocycles. The van der Waals surface area contributed by atoms with Crippen molar-refractivity contribution in [1.82, 2.24) is 97.2 Å². The van der Waals surface area contributed by atoms with Crippen LogP contribution >= 0.6 is 34.7 Å². The minimum Gasteiger partial charge on any atom is -0.495 e. The lowest BCUT2D eigenvalue weighted by Gasteiger charge is -2.25. The number of hydrogen-bond donors (Lipinski definition) is 0. The number of pyridine rings is 5. The number of carbonyl (C=O) groups excluding carboxylic acids is 5. The largest absolute Gasteiger partial charge is 0.495 e. The van der Waals surface area contributed by atoms with Gasteiger partial charge >= 0.3 is 0 Å². The van der Waals surface area contributed by atoms with E-state index in [1.54, 1.807) is 66.6 Å². The molecule has 0 spiro atoms. The Morgan fingerprint density at radius 2 is 0.905 bits per heavy atom. The maximum atomic E-state index is 13.8. The van der Waals surface area contributed by atoms with E-state index in [1.165, 1.54) is 54.0 Å². The second-order valence-electron chi connectivity index (χ2n) is 39.3. The number of carbonyl (C=O) groups is 5. The molecule has 780 valence electrons. The van der Waals surface area contributed by atoms with Gasteiger partial charge in [0.05, 0.1) is 51.5 Å². The quantitative estimate of drug-likeness (QED) is 0.0253. The first kappa shape index (κ1) is 111. The van der Waals surface area contributed by atoms with Crippen LogP contribution in [0.25, 0.3) is 55.8 Å². The molecule has 0 radical (unpaired) electrons. The lowest BCUT2D eigenvalue weighted by Crippen LogP contribution is -2.35. The summed E-state index contributed by atoms with van der Waals surface area (Å²) < 4.78 is 35.5. The van der Waals surface area contributed by atoms with Crippen LogP contribution in [0.5, 0.6) is 11.5 Å². The third-order valence-corrected chi connectivity index (χ3v) is 28.2. The van der Waals surface area contributed by atoms with Gasteiger partial charge in [0, 0.05) is 123 Å². The number of amides is 5. The lowest BCUT2D eigenvalue weighted by molar-refractivity contribution is 0.0710. The van der Waals surface area contributed by atoms with E-state index in [9.17, 15) is 28.4 Å². The first-order valence-electron chi connectivity index (χ1n) is 52.8. The van der Waals surface area contributed by atoms with Crippen molar-refractivity contribution in [3.8, 4) is 11.5 Å². The molecule has 31 heteroatoms. The number of thioether (sulfide) groups is 1. The number of unbranched alkanes of at least 4 members (excludes halogenated alkanes) is 3. The van der Waals surface area contributed by atoms with Gasteiger partial charge in [-0.25, -0.2) is 54.2 Å². The molecule has 0 N–H and O–H groups in total.